The number of hydrogen-bond donors (Lipinski definition) is 1. The molecule has 1 aliphatic rings. The van der Waals surface area contributed by atoms with E-state index in [0.717, 1.165) is 11.3 Å². The third-order valence-corrected chi connectivity index (χ3v) is 8.03. The molecule has 0 unspecified atom stereocenters. The number of carbonyl (C=O) groups excluding carboxylic acids is 2. The Morgan fingerprint density at radius 3 is 2.55 bits per heavy atom. The second kappa shape index (κ2) is 9.41. The van der Waals surface area contributed by atoms with Crippen LogP contribution in [0.4, 0.5) is 11.4 Å². The molecule has 1 saturated heterocycles. The monoisotopic (exact) mass is 468 g/mol. The minimum Gasteiger partial charge on any atom is -0.465 e. The van der Waals surface area contributed by atoms with Crippen LogP contribution >= 0.6 is 11.3 Å². The van der Waals surface area contributed by atoms with Crippen molar-refractivity contribution in [2.45, 2.75) is 4.21 Å². The summed E-state index contributed by atoms with van der Waals surface area (Å²) < 4.78 is 31.5. The first-order valence-corrected chi connectivity index (χ1v) is 11.5. The highest BCUT2D eigenvalue weighted by Crippen LogP contribution is 2.26. The molecule has 1 aromatic carbocycles. The third kappa shape index (κ3) is 5.00. The summed E-state index contributed by atoms with van der Waals surface area (Å²) in [5, 5.41) is 15.2. The van der Waals surface area contributed by atoms with E-state index >= 15 is 0 Å². The van der Waals surface area contributed by atoms with Crippen molar-refractivity contribution in [1.82, 2.24) is 9.21 Å². The molecule has 166 valence electrons. The van der Waals surface area contributed by atoms with Crippen molar-refractivity contribution in [2.24, 2.45) is 0 Å². The van der Waals surface area contributed by atoms with Crippen LogP contribution in [0.3, 0.4) is 0 Å². The quantitative estimate of drug-likeness (QED) is 0.365. The Morgan fingerprint density at radius 1 is 1.23 bits per heavy atom. The van der Waals surface area contributed by atoms with Gasteiger partial charge in [-0.1, -0.05) is 12.1 Å². The third-order valence-electron chi connectivity index (χ3n) is 4.71. The number of nitro groups is 1. The van der Waals surface area contributed by atoms with Crippen molar-refractivity contribution in [1.29, 1.82) is 0 Å². The zero-order valence-corrected chi connectivity index (χ0v) is 18.1. The van der Waals surface area contributed by atoms with Gasteiger partial charge < -0.3 is 15.0 Å². The van der Waals surface area contributed by atoms with Gasteiger partial charge in [-0.2, -0.15) is 4.31 Å². The van der Waals surface area contributed by atoms with E-state index in [4.69, 9.17) is 0 Å². The number of hydrogen-bond acceptors (Lipinski definition) is 9. The van der Waals surface area contributed by atoms with Crippen molar-refractivity contribution in [3.63, 3.8) is 0 Å². The number of ether oxygens (including phenoxy) is 1. The fourth-order valence-electron chi connectivity index (χ4n) is 3.05. The van der Waals surface area contributed by atoms with Gasteiger partial charge in [0.1, 0.15) is 9.90 Å². The molecule has 0 bridgehead atoms. The molecule has 2 aromatic rings. The number of benzene rings is 1. The number of para-hydroxylation sites is 2. The Morgan fingerprint density at radius 2 is 1.90 bits per heavy atom. The molecule has 1 fully saturated rings. The normalized spacial score (nSPS) is 14.8. The summed E-state index contributed by atoms with van der Waals surface area (Å²) in [7, 11) is -2.57. The van der Waals surface area contributed by atoms with Crippen LogP contribution in [0.1, 0.15) is 10.4 Å². The number of amides is 1. The van der Waals surface area contributed by atoms with Crippen molar-refractivity contribution in [3.8, 4) is 0 Å². The van der Waals surface area contributed by atoms with Crippen LogP contribution in [0.25, 0.3) is 0 Å². The van der Waals surface area contributed by atoms with E-state index in [-0.39, 0.29) is 59.8 Å². The number of thiophene rings is 1. The molecular formula is C18H20N4O7S2. The lowest BCUT2D eigenvalue weighted by Gasteiger charge is -2.33. The minimum absolute atomic E-state index is 0.0331. The number of esters is 1. The van der Waals surface area contributed by atoms with Crippen LogP contribution in [0.15, 0.2) is 39.9 Å². The van der Waals surface area contributed by atoms with Gasteiger partial charge in [0.25, 0.3) is 15.7 Å². The number of nitro benzene ring substituents is 1. The molecule has 0 saturated carbocycles. The maximum atomic E-state index is 12.8. The number of carbonyl (C=O) groups is 2. The van der Waals surface area contributed by atoms with Gasteiger partial charge in [-0.3, -0.25) is 14.9 Å². The fraction of sp³-hybridized carbons (Fsp3) is 0.333. The molecule has 1 amide bonds. The Hall–Kier alpha value is -3.03. The zero-order chi connectivity index (χ0) is 22.6. The number of rotatable bonds is 7. The van der Waals surface area contributed by atoms with Gasteiger partial charge >= 0.3 is 5.97 Å². The molecule has 0 radical (unpaired) electrons. The summed E-state index contributed by atoms with van der Waals surface area (Å²) in [4.78, 5) is 36.0. The van der Waals surface area contributed by atoms with Crippen LogP contribution in [0.5, 0.6) is 0 Å². The van der Waals surface area contributed by atoms with Crippen LogP contribution in [-0.4, -0.2) is 74.3 Å². The Balaban J connectivity index is 1.58. The first-order valence-electron chi connectivity index (χ1n) is 9.16. The standard InChI is InChI=1S/C18H20N4O7S2/c1-29-18(24)13-10-17(30-12-13)31(27,28)21-8-6-20(7-9-21)16(23)11-19-14-4-2-3-5-15(14)22(25)26/h2-5,10,12,19H,6-9,11H2,1H3. The van der Waals surface area contributed by atoms with Crippen molar-refractivity contribution >= 4 is 44.6 Å². The van der Waals surface area contributed by atoms with Crippen LogP contribution in [-0.2, 0) is 19.6 Å². The highest BCUT2D eigenvalue weighted by atomic mass is 32.2. The second-order valence-electron chi connectivity index (χ2n) is 6.56. The van der Waals surface area contributed by atoms with E-state index in [0.29, 0.717) is 0 Å². The number of piperazine rings is 1. The summed E-state index contributed by atoms with van der Waals surface area (Å²) in [5.74, 6) is -0.904. The number of nitrogens with one attached hydrogen (secondary N) is 1. The van der Waals surface area contributed by atoms with Crippen LogP contribution < -0.4 is 5.32 Å². The number of methoxy groups -OCH3 is 1. The maximum Gasteiger partial charge on any atom is 0.338 e. The summed E-state index contributed by atoms with van der Waals surface area (Å²) in [6.45, 7) is 0.429. The Labute approximate surface area is 182 Å². The van der Waals surface area contributed by atoms with E-state index in [1.165, 1.54) is 46.0 Å². The Kier molecular flexibility index (Phi) is 6.87. The smallest absolute Gasteiger partial charge is 0.338 e. The molecule has 2 heterocycles. The van der Waals surface area contributed by atoms with Gasteiger partial charge in [0.15, 0.2) is 0 Å². The van der Waals surface area contributed by atoms with Gasteiger partial charge in [-0.05, 0) is 12.1 Å². The molecule has 3 rings (SSSR count). The molecule has 13 heteroatoms. The highest BCUT2D eigenvalue weighted by molar-refractivity contribution is 7.91. The van der Waals surface area contributed by atoms with E-state index in [1.807, 2.05) is 0 Å². The van der Waals surface area contributed by atoms with E-state index in [2.05, 4.69) is 10.1 Å². The first kappa shape index (κ1) is 22.7. The van der Waals surface area contributed by atoms with Gasteiger partial charge in [-0.15, -0.1) is 11.3 Å². The number of anilines is 1. The topological polar surface area (TPSA) is 139 Å². The molecule has 1 N–H and O–H groups in total. The molecule has 0 aliphatic carbocycles. The average Bonchev–Trinajstić information content (AvgIpc) is 3.28. The lowest BCUT2D eigenvalue weighted by atomic mass is 10.2. The van der Waals surface area contributed by atoms with E-state index in [9.17, 15) is 28.1 Å². The number of sulfonamides is 1. The molecule has 0 spiro atoms. The predicted octanol–water partition coefficient (Wildman–Crippen LogP) is 1.39. The molecular weight excluding hydrogens is 448 g/mol. The van der Waals surface area contributed by atoms with E-state index in [1.54, 1.807) is 6.07 Å². The summed E-state index contributed by atoms with van der Waals surface area (Å²) >= 11 is 0.934. The molecule has 0 atom stereocenters. The number of nitrogens with zero attached hydrogens (tertiary/aromatic N) is 3. The lowest BCUT2D eigenvalue weighted by molar-refractivity contribution is -0.383. The predicted molar refractivity (Wildman–Crippen MR) is 113 cm³/mol. The molecule has 1 aromatic heterocycles. The van der Waals surface area contributed by atoms with Gasteiger partial charge in [0.2, 0.25) is 5.91 Å². The second-order valence-corrected chi connectivity index (χ2v) is 9.63. The van der Waals surface area contributed by atoms with Crippen molar-refractivity contribution in [2.75, 3.05) is 45.2 Å². The first-order chi connectivity index (χ1) is 14.7. The summed E-state index contributed by atoms with van der Waals surface area (Å²) in [6.07, 6.45) is 0. The zero-order valence-electron chi connectivity index (χ0n) is 16.5. The van der Waals surface area contributed by atoms with Gasteiger partial charge in [0.05, 0.1) is 24.1 Å². The van der Waals surface area contributed by atoms with Crippen LogP contribution in [0, 0.1) is 10.1 Å². The Bertz CT molecular complexity index is 1090. The minimum atomic E-state index is -3.79. The van der Waals surface area contributed by atoms with Crippen molar-refractivity contribution < 1.29 is 27.7 Å². The van der Waals surface area contributed by atoms with Crippen LogP contribution in [0.2, 0.25) is 0 Å². The molecule has 31 heavy (non-hydrogen) atoms. The fourth-order valence-corrected chi connectivity index (χ4v) is 5.77. The van der Waals surface area contributed by atoms with Crippen molar-refractivity contribution in [3.05, 3.63) is 51.4 Å². The summed E-state index contributed by atoms with van der Waals surface area (Å²) in [6, 6.07) is 7.29. The maximum absolute atomic E-state index is 12.8. The SMILES string of the molecule is COC(=O)c1csc(S(=O)(=O)N2CCN(C(=O)CNc3ccccc3[N+](=O)[O-])CC2)c1. The van der Waals surface area contributed by atoms with Gasteiger partial charge in [0, 0.05) is 37.6 Å². The largest absolute Gasteiger partial charge is 0.465 e. The lowest BCUT2D eigenvalue weighted by Crippen LogP contribution is -2.51. The van der Waals surface area contributed by atoms with E-state index < -0.39 is 20.9 Å². The summed E-state index contributed by atoms with van der Waals surface area (Å²) in [5.41, 5.74) is 0.274. The molecule has 11 nitrogen and oxygen atoms in total. The average molecular weight is 469 g/mol. The van der Waals surface area contributed by atoms with Gasteiger partial charge in [-0.25, -0.2) is 13.2 Å². The molecule has 1 aliphatic heterocycles. The highest BCUT2D eigenvalue weighted by Gasteiger charge is 2.31.